The van der Waals surface area contributed by atoms with Gasteiger partial charge < -0.3 is 14.9 Å². The highest BCUT2D eigenvalue weighted by Crippen LogP contribution is 2.29. The molecule has 0 aliphatic rings. The third-order valence-corrected chi connectivity index (χ3v) is 5.84. The molecule has 0 radical (unpaired) electrons. The van der Waals surface area contributed by atoms with Crippen molar-refractivity contribution in [2.24, 2.45) is 0 Å². The van der Waals surface area contributed by atoms with E-state index >= 15 is 0 Å². The lowest BCUT2D eigenvalue weighted by atomic mass is 10.0. The molecular formula is C26H24N2O6S. The van der Waals surface area contributed by atoms with Crippen LogP contribution in [0, 0.1) is 0 Å². The molecule has 0 aliphatic heterocycles. The van der Waals surface area contributed by atoms with Gasteiger partial charge in [0.05, 0.1) is 18.0 Å². The third-order valence-electron chi connectivity index (χ3n) is 4.92. The Morgan fingerprint density at radius 1 is 0.971 bits per heavy atom. The molecule has 1 aromatic heterocycles. The summed E-state index contributed by atoms with van der Waals surface area (Å²) in [5.74, 6) is -3.21. The van der Waals surface area contributed by atoms with Gasteiger partial charge in [-0.3, -0.25) is 4.79 Å². The van der Waals surface area contributed by atoms with E-state index in [1.807, 2.05) is 37.3 Å². The Hall–Kier alpha value is -3.98. The summed E-state index contributed by atoms with van der Waals surface area (Å²) in [7, 11) is 0. The second-order valence-electron chi connectivity index (χ2n) is 7.30. The number of ether oxygens (including phenoxy) is 1. The predicted molar refractivity (Wildman–Crippen MR) is 132 cm³/mol. The van der Waals surface area contributed by atoms with E-state index in [1.165, 1.54) is 11.8 Å². The van der Waals surface area contributed by atoms with Gasteiger partial charge >= 0.3 is 11.9 Å². The maximum Gasteiger partial charge on any atom is 0.376 e. The maximum atomic E-state index is 12.7. The van der Waals surface area contributed by atoms with E-state index < -0.39 is 23.5 Å². The molecule has 2 aromatic carbocycles. The van der Waals surface area contributed by atoms with Crippen LogP contribution < -0.4 is 0 Å². The minimum atomic E-state index is -1.64. The van der Waals surface area contributed by atoms with Gasteiger partial charge in [0, 0.05) is 23.0 Å². The van der Waals surface area contributed by atoms with Crippen molar-refractivity contribution in [3.05, 3.63) is 83.1 Å². The molecule has 0 amide bonds. The summed E-state index contributed by atoms with van der Waals surface area (Å²) in [5.41, 5.74) is 3.50. The molecule has 3 rings (SSSR count). The molecule has 0 fully saturated rings. The van der Waals surface area contributed by atoms with Crippen LogP contribution in [-0.2, 0) is 26.5 Å². The number of nitrogens with zero attached hydrogens (tertiary/aromatic N) is 2. The highest BCUT2D eigenvalue weighted by atomic mass is 32.2. The zero-order valence-electron chi connectivity index (χ0n) is 19.2. The van der Waals surface area contributed by atoms with E-state index in [0.29, 0.717) is 45.9 Å². The quantitative estimate of drug-likeness (QED) is 0.103. The summed E-state index contributed by atoms with van der Waals surface area (Å²) in [6, 6.07) is 16.1. The number of carbonyl (C=O) groups excluding carboxylic acids is 2. The van der Waals surface area contributed by atoms with E-state index in [4.69, 9.17) is 9.84 Å². The average Bonchev–Trinajstić information content (AvgIpc) is 2.87. The predicted octanol–water partition coefficient (Wildman–Crippen LogP) is 4.73. The van der Waals surface area contributed by atoms with Crippen molar-refractivity contribution in [3.63, 3.8) is 0 Å². The summed E-state index contributed by atoms with van der Waals surface area (Å²) < 4.78 is 5.26. The lowest BCUT2D eigenvalue weighted by molar-refractivity contribution is -0.146. The molecule has 2 N–H and O–H groups in total. The molecule has 0 saturated heterocycles. The lowest BCUT2D eigenvalue weighted by Crippen LogP contribution is -2.13. The van der Waals surface area contributed by atoms with Crippen LogP contribution in [0.15, 0.2) is 65.8 Å². The van der Waals surface area contributed by atoms with Crippen LogP contribution in [0.2, 0.25) is 0 Å². The maximum absolute atomic E-state index is 12.7. The van der Waals surface area contributed by atoms with E-state index in [9.17, 15) is 19.5 Å². The van der Waals surface area contributed by atoms with Gasteiger partial charge in [-0.2, -0.15) is 0 Å². The van der Waals surface area contributed by atoms with Crippen molar-refractivity contribution in [2.75, 3.05) is 6.61 Å². The van der Waals surface area contributed by atoms with Crippen LogP contribution >= 0.6 is 11.8 Å². The van der Waals surface area contributed by atoms with E-state index in [1.54, 1.807) is 31.2 Å². The van der Waals surface area contributed by atoms with Crippen molar-refractivity contribution >= 4 is 35.2 Å². The molecule has 0 atom stereocenters. The second kappa shape index (κ2) is 11.9. The first kappa shape index (κ1) is 25.6. The standard InChI is InChI=1S/C26H24N2O6S/c1-3-19-22(25(33)34-4-2)23(18-8-6-5-7-9-18)28-26(27-19)35-15-16-10-12-17(13-11-16)20(29)14-21(30)24(31)32/h5-14,29H,3-4,15H2,1-2H3,(H,31,32). The van der Waals surface area contributed by atoms with Gasteiger partial charge in [0.25, 0.3) is 5.78 Å². The first-order chi connectivity index (χ1) is 16.8. The van der Waals surface area contributed by atoms with E-state index in [2.05, 4.69) is 9.97 Å². The van der Waals surface area contributed by atoms with Gasteiger partial charge in [-0.25, -0.2) is 19.6 Å². The Bertz CT molecular complexity index is 1260. The SMILES string of the molecule is CCOC(=O)c1c(CC)nc(SCc2ccc(C(O)=CC(=O)C(=O)O)cc2)nc1-c1ccccc1. The number of aryl methyl sites for hydroxylation is 1. The molecule has 8 nitrogen and oxygen atoms in total. The van der Waals surface area contributed by atoms with Crippen molar-refractivity contribution in [1.29, 1.82) is 0 Å². The molecule has 9 heteroatoms. The zero-order valence-corrected chi connectivity index (χ0v) is 20.0. The first-order valence-corrected chi connectivity index (χ1v) is 11.9. The highest BCUT2D eigenvalue weighted by Gasteiger charge is 2.22. The van der Waals surface area contributed by atoms with Crippen molar-refractivity contribution < 1.29 is 29.3 Å². The number of aliphatic hydroxyl groups is 1. The fraction of sp³-hybridized carbons (Fsp3) is 0.192. The topological polar surface area (TPSA) is 127 Å². The van der Waals surface area contributed by atoms with Crippen LogP contribution in [0.5, 0.6) is 0 Å². The van der Waals surface area contributed by atoms with Gasteiger partial charge in [0.15, 0.2) is 5.16 Å². The van der Waals surface area contributed by atoms with Crippen LogP contribution in [0.25, 0.3) is 17.0 Å². The summed E-state index contributed by atoms with van der Waals surface area (Å²) in [6.07, 6.45) is 1.20. The van der Waals surface area contributed by atoms with Crippen LogP contribution in [0.1, 0.15) is 41.0 Å². The van der Waals surface area contributed by atoms with Crippen molar-refractivity contribution in [3.8, 4) is 11.3 Å². The first-order valence-electron chi connectivity index (χ1n) is 10.9. The highest BCUT2D eigenvalue weighted by molar-refractivity contribution is 7.98. The minimum Gasteiger partial charge on any atom is -0.507 e. The number of carbonyl (C=O) groups is 3. The van der Waals surface area contributed by atoms with Gasteiger partial charge in [-0.15, -0.1) is 0 Å². The monoisotopic (exact) mass is 492 g/mol. The normalized spacial score (nSPS) is 11.2. The number of rotatable bonds is 10. The number of carboxylic acids is 1. The molecule has 0 saturated carbocycles. The Balaban J connectivity index is 1.86. The number of carboxylic acid groups (broad SMARTS) is 1. The molecule has 35 heavy (non-hydrogen) atoms. The van der Waals surface area contributed by atoms with Gasteiger partial charge in [0.1, 0.15) is 11.3 Å². The van der Waals surface area contributed by atoms with Gasteiger partial charge in [-0.05, 0) is 18.9 Å². The Kier molecular flexibility index (Phi) is 8.74. The Morgan fingerprint density at radius 3 is 2.26 bits per heavy atom. The van der Waals surface area contributed by atoms with Crippen molar-refractivity contribution in [2.45, 2.75) is 31.2 Å². The Labute approximate surface area is 206 Å². The van der Waals surface area contributed by atoms with E-state index in [0.717, 1.165) is 11.1 Å². The molecule has 180 valence electrons. The molecule has 0 aliphatic carbocycles. The van der Waals surface area contributed by atoms with Crippen LogP contribution in [0.4, 0.5) is 0 Å². The summed E-state index contributed by atoms with van der Waals surface area (Å²) in [6.45, 7) is 3.92. The van der Waals surface area contributed by atoms with Gasteiger partial charge in [-0.1, -0.05) is 73.3 Å². The van der Waals surface area contributed by atoms with Gasteiger partial charge in [0.2, 0.25) is 0 Å². The fourth-order valence-corrected chi connectivity index (χ4v) is 4.04. The molecule has 3 aromatic rings. The molecule has 0 bridgehead atoms. The average molecular weight is 493 g/mol. The number of aliphatic hydroxyl groups excluding tert-OH is 1. The summed E-state index contributed by atoms with van der Waals surface area (Å²) >= 11 is 1.39. The number of esters is 1. The molecule has 0 unspecified atom stereocenters. The number of benzene rings is 2. The third kappa shape index (κ3) is 6.54. The number of aromatic nitrogens is 2. The molecule has 1 heterocycles. The number of hydrogen-bond acceptors (Lipinski definition) is 8. The van der Waals surface area contributed by atoms with Crippen molar-refractivity contribution in [1.82, 2.24) is 9.97 Å². The Morgan fingerprint density at radius 2 is 1.66 bits per heavy atom. The summed E-state index contributed by atoms with van der Waals surface area (Å²) in [4.78, 5) is 43.9. The fourth-order valence-electron chi connectivity index (χ4n) is 3.22. The second-order valence-corrected chi connectivity index (χ2v) is 8.24. The van der Waals surface area contributed by atoms with Crippen LogP contribution in [0.3, 0.4) is 0 Å². The number of ketones is 1. The number of hydrogen-bond donors (Lipinski definition) is 2. The van der Waals surface area contributed by atoms with E-state index in [-0.39, 0.29) is 6.61 Å². The van der Waals surface area contributed by atoms with Crippen LogP contribution in [-0.4, -0.2) is 44.5 Å². The zero-order chi connectivity index (χ0) is 25.4. The number of aliphatic carboxylic acids is 1. The molecular weight excluding hydrogens is 468 g/mol. The lowest BCUT2D eigenvalue weighted by Gasteiger charge is -2.14. The number of thioether (sulfide) groups is 1. The minimum absolute atomic E-state index is 0.248. The smallest absolute Gasteiger partial charge is 0.376 e. The molecule has 0 spiro atoms. The largest absolute Gasteiger partial charge is 0.507 e. The summed E-state index contributed by atoms with van der Waals surface area (Å²) in [5, 5.41) is 19.1.